The molecule has 2 nitrogen and oxygen atoms in total. The summed E-state index contributed by atoms with van der Waals surface area (Å²) in [5.74, 6) is 1.49. The Morgan fingerprint density at radius 2 is 1.76 bits per heavy atom. The molecular formula is C18H25ClN2. The van der Waals surface area contributed by atoms with E-state index in [9.17, 15) is 0 Å². The molecule has 0 aliphatic heterocycles. The Bertz CT molecular complexity index is 638. The van der Waals surface area contributed by atoms with E-state index >= 15 is 0 Å². The Hall–Kier alpha value is -1.02. The number of nitrogens with zero attached hydrogens (tertiary/aromatic N) is 2. The molecule has 1 fully saturated rings. The Labute approximate surface area is 132 Å². The molecule has 0 spiro atoms. The molecule has 0 bridgehead atoms. The van der Waals surface area contributed by atoms with Crippen LogP contribution in [0, 0.1) is 10.8 Å². The van der Waals surface area contributed by atoms with Gasteiger partial charge in [0.2, 0.25) is 0 Å². The summed E-state index contributed by atoms with van der Waals surface area (Å²) in [4.78, 5) is 4.73. The van der Waals surface area contributed by atoms with Crippen molar-refractivity contribution in [2.75, 3.05) is 0 Å². The highest BCUT2D eigenvalue weighted by molar-refractivity contribution is 6.16. The molecular weight excluding hydrogens is 280 g/mol. The normalized spacial score (nSPS) is 21.8. The highest BCUT2D eigenvalue weighted by Crippen LogP contribution is 2.50. The number of rotatable bonds is 2. The van der Waals surface area contributed by atoms with Crippen LogP contribution >= 0.6 is 11.6 Å². The number of aromatic nitrogens is 2. The highest BCUT2D eigenvalue weighted by atomic mass is 35.5. The van der Waals surface area contributed by atoms with E-state index < -0.39 is 0 Å². The lowest BCUT2D eigenvalue weighted by atomic mass is 9.63. The predicted molar refractivity (Wildman–Crippen MR) is 89.7 cm³/mol. The molecule has 0 radical (unpaired) electrons. The van der Waals surface area contributed by atoms with Crippen molar-refractivity contribution in [1.82, 2.24) is 9.55 Å². The minimum absolute atomic E-state index is 0.362. The summed E-state index contributed by atoms with van der Waals surface area (Å²) in [5, 5.41) is 0. The van der Waals surface area contributed by atoms with Gasteiger partial charge in [-0.3, -0.25) is 0 Å². The van der Waals surface area contributed by atoms with Gasteiger partial charge in [0, 0.05) is 6.04 Å². The smallest absolute Gasteiger partial charge is 0.125 e. The summed E-state index contributed by atoms with van der Waals surface area (Å²) in [6.45, 7) is 9.56. The van der Waals surface area contributed by atoms with Crippen molar-refractivity contribution in [3.05, 3.63) is 30.1 Å². The van der Waals surface area contributed by atoms with Crippen LogP contribution in [0.2, 0.25) is 0 Å². The van der Waals surface area contributed by atoms with Gasteiger partial charge in [0.15, 0.2) is 0 Å². The summed E-state index contributed by atoms with van der Waals surface area (Å²) in [5.41, 5.74) is 3.02. The van der Waals surface area contributed by atoms with Gasteiger partial charge >= 0.3 is 0 Å². The van der Waals surface area contributed by atoms with Gasteiger partial charge in [0.1, 0.15) is 5.82 Å². The molecule has 3 rings (SSSR count). The number of fused-ring (bicyclic) bond motifs is 1. The third-order valence-electron chi connectivity index (χ3n) is 4.69. The van der Waals surface area contributed by atoms with Crippen molar-refractivity contribution in [1.29, 1.82) is 0 Å². The lowest BCUT2D eigenvalue weighted by Gasteiger charge is -2.45. The van der Waals surface area contributed by atoms with Gasteiger partial charge in [-0.25, -0.2) is 4.98 Å². The van der Waals surface area contributed by atoms with Crippen LogP contribution in [0.3, 0.4) is 0 Å². The molecule has 1 aromatic carbocycles. The highest BCUT2D eigenvalue weighted by Gasteiger charge is 2.40. The van der Waals surface area contributed by atoms with E-state index in [1.807, 2.05) is 6.07 Å². The minimum Gasteiger partial charge on any atom is -0.324 e. The van der Waals surface area contributed by atoms with Gasteiger partial charge in [-0.05, 0) is 42.2 Å². The van der Waals surface area contributed by atoms with Gasteiger partial charge in [0.05, 0.1) is 16.9 Å². The fraction of sp³-hybridized carbons (Fsp3) is 0.611. The van der Waals surface area contributed by atoms with Crippen LogP contribution in [0.25, 0.3) is 11.0 Å². The molecule has 1 saturated carbocycles. The average Bonchev–Trinajstić information content (AvgIpc) is 2.73. The second-order valence-corrected chi connectivity index (χ2v) is 8.35. The molecule has 0 amide bonds. The molecule has 1 aliphatic rings. The summed E-state index contributed by atoms with van der Waals surface area (Å²) in [7, 11) is 0. The SMILES string of the molecule is CC1(C)CC(n2c(CCl)nc3ccccc32)CC(C)(C)C1. The Morgan fingerprint density at radius 1 is 1.14 bits per heavy atom. The predicted octanol–water partition coefficient (Wildman–Crippen LogP) is 5.55. The van der Waals surface area contributed by atoms with Crippen molar-refractivity contribution in [3.8, 4) is 0 Å². The van der Waals surface area contributed by atoms with E-state index in [1.165, 1.54) is 24.8 Å². The molecule has 2 aromatic rings. The summed E-state index contributed by atoms with van der Waals surface area (Å²) in [6.07, 6.45) is 3.67. The van der Waals surface area contributed by atoms with Crippen LogP contribution in [0.15, 0.2) is 24.3 Å². The fourth-order valence-corrected chi connectivity index (χ4v) is 4.75. The summed E-state index contributed by atoms with van der Waals surface area (Å²) in [6, 6.07) is 8.89. The second kappa shape index (κ2) is 5.01. The first-order valence-corrected chi connectivity index (χ1v) is 8.37. The maximum Gasteiger partial charge on any atom is 0.125 e. The lowest BCUT2D eigenvalue weighted by Crippen LogP contribution is -2.35. The van der Waals surface area contributed by atoms with Gasteiger partial charge in [-0.15, -0.1) is 11.6 Å². The van der Waals surface area contributed by atoms with Crippen molar-refractivity contribution in [3.63, 3.8) is 0 Å². The second-order valence-electron chi connectivity index (χ2n) is 8.09. The molecule has 114 valence electrons. The first-order chi connectivity index (χ1) is 9.81. The number of hydrogen-bond acceptors (Lipinski definition) is 1. The van der Waals surface area contributed by atoms with Crippen LogP contribution in [0.4, 0.5) is 0 Å². The zero-order valence-corrected chi connectivity index (χ0v) is 14.2. The van der Waals surface area contributed by atoms with Crippen molar-refractivity contribution in [2.24, 2.45) is 10.8 Å². The average molecular weight is 305 g/mol. The van der Waals surface area contributed by atoms with Gasteiger partial charge in [-0.2, -0.15) is 0 Å². The number of alkyl halides is 1. The summed E-state index contributed by atoms with van der Waals surface area (Å²) < 4.78 is 2.41. The standard InChI is InChI=1S/C18H25ClN2/c1-17(2)9-13(10-18(3,4)12-17)21-15-8-6-5-7-14(15)20-16(21)11-19/h5-8,13H,9-12H2,1-4H3. The number of halogens is 1. The Balaban J connectivity index is 2.11. The van der Waals surface area contributed by atoms with E-state index in [2.05, 4.69) is 50.5 Å². The monoisotopic (exact) mass is 304 g/mol. The third kappa shape index (κ3) is 2.83. The molecule has 0 atom stereocenters. The van der Waals surface area contributed by atoms with Crippen molar-refractivity contribution < 1.29 is 0 Å². The van der Waals surface area contributed by atoms with E-state index in [1.54, 1.807) is 0 Å². The number of hydrogen-bond donors (Lipinski definition) is 0. The van der Waals surface area contributed by atoms with Crippen LogP contribution in [0.5, 0.6) is 0 Å². The van der Waals surface area contributed by atoms with Crippen LogP contribution in [-0.4, -0.2) is 9.55 Å². The Kier molecular flexibility index (Phi) is 3.56. The molecule has 21 heavy (non-hydrogen) atoms. The maximum absolute atomic E-state index is 6.18. The summed E-state index contributed by atoms with van der Waals surface area (Å²) >= 11 is 6.18. The Morgan fingerprint density at radius 3 is 2.38 bits per heavy atom. The maximum atomic E-state index is 6.18. The van der Waals surface area contributed by atoms with Crippen molar-refractivity contribution in [2.45, 2.75) is 58.9 Å². The van der Waals surface area contributed by atoms with Gasteiger partial charge < -0.3 is 4.57 Å². The lowest BCUT2D eigenvalue weighted by molar-refractivity contribution is 0.0730. The molecule has 1 aromatic heterocycles. The number of para-hydroxylation sites is 2. The van der Waals surface area contributed by atoms with Gasteiger partial charge in [0.25, 0.3) is 0 Å². The van der Waals surface area contributed by atoms with Crippen LogP contribution in [-0.2, 0) is 5.88 Å². The molecule has 0 unspecified atom stereocenters. The van der Waals surface area contributed by atoms with Crippen LogP contribution in [0.1, 0.15) is 58.8 Å². The number of benzene rings is 1. The quantitative estimate of drug-likeness (QED) is 0.665. The zero-order chi connectivity index (χ0) is 15.3. The van der Waals surface area contributed by atoms with E-state index in [-0.39, 0.29) is 0 Å². The largest absolute Gasteiger partial charge is 0.324 e. The molecule has 0 N–H and O–H groups in total. The first kappa shape index (κ1) is 14.9. The zero-order valence-electron chi connectivity index (χ0n) is 13.5. The van der Waals surface area contributed by atoms with E-state index in [0.717, 1.165) is 11.3 Å². The third-order valence-corrected chi connectivity index (χ3v) is 4.93. The van der Waals surface area contributed by atoms with E-state index in [0.29, 0.717) is 22.8 Å². The van der Waals surface area contributed by atoms with Crippen molar-refractivity contribution >= 4 is 22.6 Å². The van der Waals surface area contributed by atoms with E-state index in [4.69, 9.17) is 16.6 Å². The first-order valence-electron chi connectivity index (χ1n) is 7.83. The molecule has 1 aliphatic carbocycles. The van der Waals surface area contributed by atoms with Gasteiger partial charge in [-0.1, -0.05) is 39.8 Å². The molecule has 0 saturated heterocycles. The fourth-order valence-electron chi connectivity index (χ4n) is 4.57. The number of imidazole rings is 1. The topological polar surface area (TPSA) is 17.8 Å². The molecule has 3 heteroatoms. The molecule has 1 heterocycles. The minimum atomic E-state index is 0.362. The van der Waals surface area contributed by atoms with Crippen LogP contribution < -0.4 is 0 Å².